The number of carbonyl (C=O) groups excluding carboxylic acids is 1. The van der Waals surface area contributed by atoms with Gasteiger partial charge in [0.2, 0.25) is 0 Å². The van der Waals surface area contributed by atoms with E-state index in [0.717, 1.165) is 43.2 Å². The summed E-state index contributed by atoms with van der Waals surface area (Å²) in [6.45, 7) is 4.53. The highest BCUT2D eigenvalue weighted by Gasteiger charge is 2.27. The molecule has 1 amide bonds. The van der Waals surface area contributed by atoms with Gasteiger partial charge in [-0.25, -0.2) is 0 Å². The molecule has 1 N–H and O–H groups in total. The van der Waals surface area contributed by atoms with Crippen molar-refractivity contribution < 1.29 is 13.9 Å². The Kier molecular flexibility index (Phi) is 4.52. The van der Waals surface area contributed by atoms with Gasteiger partial charge in [0, 0.05) is 44.4 Å². The maximum atomic E-state index is 12.3. The number of pyridine rings is 1. The number of carbonyl (C=O) groups is 1. The van der Waals surface area contributed by atoms with Crippen molar-refractivity contribution in [3.8, 4) is 5.75 Å². The second-order valence-electron chi connectivity index (χ2n) is 7.45. The quantitative estimate of drug-likeness (QED) is 0.736. The van der Waals surface area contributed by atoms with Crippen LogP contribution < -0.4 is 10.1 Å². The van der Waals surface area contributed by atoms with Gasteiger partial charge in [-0.2, -0.15) is 4.98 Å². The first-order valence-corrected chi connectivity index (χ1v) is 9.87. The summed E-state index contributed by atoms with van der Waals surface area (Å²) in [7, 11) is 0. The van der Waals surface area contributed by atoms with Gasteiger partial charge in [-0.05, 0) is 36.2 Å². The Labute approximate surface area is 168 Å². The second-order valence-corrected chi connectivity index (χ2v) is 7.45. The SMILES string of the molecule is CC(c1ccc2c(c1)OCC2)N1CCc2oc(NC(=O)c3cccnc3)nc2C1. The lowest BCUT2D eigenvalue weighted by Gasteiger charge is -2.31. The van der Waals surface area contributed by atoms with Gasteiger partial charge in [0.25, 0.3) is 5.91 Å². The number of rotatable bonds is 4. The molecule has 7 nitrogen and oxygen atoms in total. The average Bonchev–Trinajstić information content (AvgIpc) is 3.38. The first-order valence-electron chi connectivity index (χ1n) is 9.87. The number of hydrogen-bond donors (Lipinski definition) is 1. The van der Waals surface area contributed by atoms with Gasteiger partial charge in [-0.15, -0.1) is 0 Å². The average molecular weight is 390 g/mol. The van der Waals surface area contributed by atoms with Crippen LogP contribution in [0.5, 0.6) is 5.75 Å². The van der Waals surface area contributed by atoms with Crippen molar-refractivity contribution >= 4 is 11.9 Å². The van der Waals surface area contributed by atoms with E-state index in [1.807, 2.05) is 0 Å². The van der Waals surface area contributed by atoms with Crippen LogP contribution in [0.4, 0.5) is 6.01 Å². The number of aromatic nitrogens is 2. The van der Waals surface area contributed by atoms with Gasteiger partial charge < -0.3 is 9.15 Å². The fourth-order valence-electron chi connectivity index (χ4n) is 3.92. The molecule has 2 aromatic heterocycles. The molecule has 0 saturated carbocycles. The van der Waals surface area contributed by atoms with Crippen molar-refractivity contribution in [1.29, 1.82) is 0 Å². The monoisotopic (exact) mass is 390 g/mol. The van der Waals surface area contributed by atoms with Crippen LogP contribution in [0.3, 0.4) is 0 Å². The Morgan fingerprint density at radius 1 is 1.28 bits per heavy atom. The molecule has 0 radical (unpaired) electrons. The van der Waals surface area contributed by atoms with Crippen molar-refractivity contribution in [2.75, 3.05) is 18.5 Å². The second kappa shape index (κ2) is 7.33. The molecule has 148 valence electrons. The summed E-state index contributed by atoms with van der Waals surface area (Å²) < 4.78 is 11.5. The van der Waals surface area contributed by atoms with E-state index < -0.39 is 0 Å². The van der Waals surface area contributed by atoms with E-state index in [1.165, 1.54) is 17.3 Å². The van der Waals surface area contributed by atoms with E-state index in [0.29, 0.717) is 12.1 Å². The molecule has 0 bridgehead atoms. The topological polar surface area (TPSA) is 80.5 Å². The summed E-state index contributed by atoms with van der Waals surface area (Å²) in [5.74, 6) is 1.57. The van der Waals surface area contributed by atoms with E-state index in [1.54, 1.807) is 18.3 Å². The molecule has 1 aromatic carbocycles. The molecule has 1 unspecified atom stereocenters. The number of amides is 1. The van der Waals surface area contributed by atoms with Gasteiger partial charge in [0.1, 0.15) is 11.5 Å². The van der Waals surface area contributed by atoms with Gasteiger partial charge >= 0.3 is 6.01 Å². The number of hydrogen-bond acceptors (Lipinski definition) is 6. The molecule has 0 fully saturated rings. The zero-order valence-corrected chi connectivity index (χ0v) is 16.2. The molecule has 0 spiro atoms. The van der Waals surface area contributed by atoms with Crippen molar-refractivity contribution in [2.45, 2.75) is 32.4 Å². The number of ether oxygens (including phenoxy) is 1. The maximum Gasteiger partial charge on any atom is 0.302 e. The number of nitrogens with one attached hydrogen (secondary N) is 1. The standard InChI is InChI=1S/C22H22N4O3/c1-14(16-5-4-15-7-10-28-20(15)11-16)26-9-6-19-18(13-26)24-22(29-19)25-21(27)17-3-2-8-23-12-17/h2-5,8,11-12,14H,6-7,9-10,13H2,1H3,(H,24,25,27). The van der Waals surface area contributed by atoms with Crippen LogP contribution in [-0.2, 0) is 19.4 Å². The van der Waals surface area contributed by atoms with Crippen molar-refractivity contribution in [1.82, 2.24) is 14.9 Å². The molecular weight excluding hydrogens is 368 g/mol. The lowest BCUT2D eigenvalue weighted by atomic mass is 10.0. The third-order valence-electron chi connectivity index (χ3n) is 5.65. The predicted molar refractivity (Wildman–Crippen MR) is 107 cm³/mol. The molecule has 3 aromatic rings. The molecule has 5 rings (SSSR count). The Morgan fingerprint density at radius 2 is 2.21 bits per heavy atom. The fourth-order valence-corrected chi connectivity index (χ4v) is 3.92. The van der Waals surface area contributed by atoms with Gasteiger partial charge in [-0.3, -0.25) is 20.0 Å². The van der Waals surface area contributed by atoms with Crippen LogP contribution >= 0.6 is 0 Å². The third-order valence-corrected chi connectivity index (χ3v) is 5.65. The number of fused-ring (bicyclic) bond motifs is 2. The summed E-state index contributed by atoms with van der Waals surface area (Å²) in [5, 5.41) is 2.73. The normalized spacial score (nSPS) is 16.6. The zero-order valence-electron chi connectivity index (χ0n) is 16.2. The highest BCUT2D eigenvalue weighted by Crippen LogP contribution is 2.33. The maximum absolute atomic E-state index is 12.3. The van der Waals surface area contributed by atoms with Gasteiger partial charge in [0.15, 0.2) is 0 Å². The Morgan fingerprint density at radius 3 is 3.07 bits per heavy atom. The number of benzene rings is 1. The highest BCUT2D eigenvalue weighted by molar-refractivity contribution is 6.02. The first-order chi connectivity index (χ1) is 14.2. The van der Waals surface area contributed by atoms with Gasteiger partial charge in [0.05, 0.1) is 17.9 Å². The smallest absolute Gasteiger partial charge is 0.302 e. The van der Waals surface area contributed by atoms with Crippen LogP contribution in [0.25, 0.3) is 0 Å². The van der Waals surface area contributed by atoms with E-state index in [-0.39, 0.29) is 18.0 Å². The lowest BCUT2D eigenvalue weighted by molar-refractivity contribution is 0.102. The number of oxazole rings is 1. The van der Waals surface area contributed by atoms with E-state index in [2.05, 4.69) is 45.3 Å². The molecule has 2 aliphatic rings. The molecule has 4 heterocycles. The molecular formula is C22H22N4O3. The van der Waals surface area contributed by atoms with Crippen LogP contribution in [0, 0.1) is 0 Å². The van der Waals surface area contributed by atoms with Crippen LogP contribution in [0.1, 0.15) is 45.9 Å². The molecule has 7 heteroatoms. The number of anilines is 1. The highest BCUT2D eigenvalue weighted by atomic mass is 16.5. The predicted octanol–water partition coefficient (Wildman–Crippen LogP) is 3.38. The molecule has 0 aliphatic carbocycles. The summed E-state index contributed by atoms with van der Waals surface area (Å²) in [4.78, 5) is 23.2. The molecule has 0 saturated heterocycles. The van der Waals surface area contributed by atoms with E-state index in [9.17, 15) is 4.79 Å². The summed E-state index contributed by atoms with van der Waals surface area (Å²) in [6, 6.07) is 10.4. The molecule has 29 heavy (non-hydrogen) atoms. The summed E-state index contributed by atoms with van der Waals surface area (Å²) in [6.07, 6.45) is 4.89. The number of nitrogens with zero attached hydrogens (tertiary/aromatic N) is 3. The van der Waals surface area contributed by atoms with Crippen LogP contribution in [0.15, 0.2) is 47.1 Å². The van der Waals surface area contributed by atoms with E-state index >= 15 is 0 Å². The minimum atomic E-state index is -0.278. The Hall–Kier alpha value is -3.19. The van der Waals surface area contributed by atoms with Crippen molar-refractivity contribution in [2.24, 2.45) is 0 Å². The van der Waals surface area contributed by atoms with Crippen LogP contribution in [0.2, 0.25) is 0 Å². The minimum absolute atomic E-state index is 0.239. The third kappa shape index (κ3) is 3.49. The van der Waals surface area contributed by atoms with Crippen molar-refractivity contribution in [3.63, 3.8) is 0 Å². The first kappa shape index (κ1) is 17.9. The molecule has 1 atom stereocenters. The van der Waals surface area contributed by atoms with Crippen molar-refractivity contribution in [3.05, 3.63) is 70.9 Å². The largest absolute Gasteiger partial charge is 0.493 e. The lowest BCUT2D eigenvalue weighted by Crippen LogP contribution is -2.32. The zero-order chi connectivity index (χ0) is 19.8. The summed E-state index contributed by atoms with van der Waals surface area (Å²) in [5.41, 5.74) is 3.87. The van der Waals surface area contributed by atoms with Gasteiger partial charge in [-0.1, -0.05) is 12.1 Å². The molecule has 2 aliphatic heterocycles. The van der Waals surface area contributed by atoms with E-state index in [4.69, 9.17) is 9.15 Å². The summed E-state index contributed by atoms with van der Waals surface area (Å²) >= 11 is 0. The fraction of sp³-hybridized carbons (Fsp3) is 0.318. The Bertz CT molecular complexity index is 1050. The minimum Gasteiger partial charge on any atom is -0.493 e. The Balaban J connectivity index is 1.29. The van der Waals surface area contributed by atoms with Crippen LogP contribution in [-0.4, -0.2) is 33.9 Å².